The van der Waals surface area contributed by atoms with Crippen LogP contribution in [0.15, 0.2) is 18.2 Å². The Morgan fingerprint density at radius 2 is 2.23 bits per heavy atom. The number of carbonyl (C=O) groups excluding carboxylic acids is 1. The summed E-state index contributed by atoms with van der Waals surface area (Å²) in [6.07, 6.45) is 0.352. The van der Waals surface area contributed by atoms with Crippen LogP contribution in [0.4, 0.5) is 0 Å². The van der Waals surface area contributed by atoms with E-state index in [1.165, 1.54) is 0 Å². The Kier molecular flexibility index (Phi) is 3.46. The first-order chi connectivity index (χ1) is 6.16. The number of aryl methyl sites for hydroxylation is 1. The van der Waals surface area contributed by atoms with E-state index in [1.54, 1.807) is 6.07 Å². The fraction of sp³-hybridized carbons (Fsp3) is 0.300. The maximum Gasteiger partial charge on any atom is 0.165 e. The minimum atomic E-state index is 0.0191. The molecule has 13 heavy (non-hydrogen) atoms. The van der Waals surface area contributed by atoms with Gasteiger partial charge in [-0.25, -0.2) is 0 Å². The Balaban J connectivity index is 3.05. The van der Waals surface area contributed by atoms with Gasteiger partial charge in [-0.1, -0.05) is 23.7 Å². The molecule has 2 nitrogen and oxygen atoms in total. The number of rotatable bonds is 3. The molecule has 1 rings (SSSR count). The Labute approximate surface area is 82.7 Å². The summed E-state index contributed by atoms with van der Waals surface area (Å²) < 4.78 is 0. The Bertz CT molecular complexity index is 302. The zero-order chi connectivity index (χ0) is 9.84. The van der Waals surface area contributed by atoms with Gasteiger partial charge in [0.15, 0.2) is 5.78 Å². The molecule has 0 aliphatic rings. The maximum absolute atomic E-state index is 11.5. The van der Waals surface area contributed by atoms with E-state index in [0.717, 1.165) is 5.56 Å². The summed E-state index contributed by atoms with van der Waals surface area (Å²) in [5.74, 6) is 0.0191. The van der Waals surface area contributed by atoms with Crippen molar-refractivity contribution in [3.8, 4) is 0 Å². The molecule has 0 aliphatic heterocycles. The molecule has 2 N–H and O–H groups in total. The second-order valence-electron chi connectivity index (χ2n) is 2.89. The number of nitrogens with two attached hydrogens (primary N) is 1. The second kappa shape index (κ2) is 4.40. The van der Waals surface area contributed by atoms with Gasteiger partial charge in [0.2, 0.25) is 0 Å². The molecule has 0 spiro atoms. The fourth-order valence-electron chi connectivity index (χ4n) is 1.24. The van der Waals surface area contributed by atoms with Crippen LogP contribution in [0, 0.1) is 6.92 Å². The summed E-state index contributed by atoms with van der Waals surface area (Å²) in [5.41, 5.74) is 6.82. The highest BCUT2D eigenvalue weighted by Crippen LogP contribution is 2.20. The molecule has 0 unspecified atom stereocenters. The second-order valence-corrected chi connectivity index (χ2v) is 3.30. The third-order valence-electron chi connectivity index (χ3n) is 1.87. The van der Waals surface area contributed by atoms with Gasteiger partial charge in [0.25, 0.3) is 0 Å². The van der Waals surface area contributed by atoms with Crippen LogP contribution < -0.4 is 5.73 Å². The smallest absolute Gasteiger partial charge is 0.165 e. The van der Waals surface area contributed by atoms with Crippen LogP contribution in [0.25, 0.3) is 0 Å². The van der Waals surface area contributed by atoms with Crippen molar-refractivity contribution in [3.05, 3.63) is 34.3 Å². The van der Waals surface area contributed by atoms with E-state index < -0.39 is 0 Å². The van der Waals surface area contributed by atoms with Crippen molar-refractivity contribution in [2.24, 2.45) is 5.73 Å². The first kappa shape index (κ1) is 10.2. The number of Topliss-reactive ketones (excluding diaryl/α,β-unsaturated/α-hetero) is 1. The van der Waals surface area contributed by atoms with Crippen molar-refractivity contribution >= 4 is 17.4 Å². The van der Waals surface area contributed by atoms with Gasteiger partial charge in [-0.15, -0.1) is 0 Å². The van der Waals surface area contributed by atoms with Gasteiger partial charge in [0, 0.05) is 12.0 Å². The normalized spacial score (nSPS) is 10.1. The lowest BCUT2D eigenvalue weighted by Crippen LogP contribution is -2.09. The van der Waals surface area contributed by atoms with Crippen molar-refractivity contribution in [1.82, 2.24) is 0 Å². The molecule has 0 saturated heterocycles. The number of carbonyl (C=O) groups is 1. The van der Waals surface area contributed by atoms with Crippen LogP contribution in [0.5, 0.6) is 0 Å². The first-order valence-electron chi connectivity index (χ1n) is 4.15. The molecule has 0 aromatic heterocycles. The molecule has 0 radical (unpaired) electrons. The molecule has 0 aliphatic carbocycles. The number of hydrogen-bond donors (Lipinski definition) is 1. The fourth-order valence-corrected chi connectivity index (χ4v) is 1.57. The quantitative estimate of drug-likeness (QED) is 0.755. The van der Waals surface area contributed by atoms with Crippen molar-refractivity contribution in [3.63, 3.8) is 0 Å². The molecule has 0 saturated carbocycles. The third-order valence-corrected chi connectivity index (χ3v) is 2.19. The predicted molar refractivity (Wildman–Crippen MR) is 54.2 cm³/mol. The largest absolute Gasteiger partial charge is 0.330 e. The molecule has 1 aromatic carbocycles. The van der Waals surface area contributed by atoms with E-state index in [9.17, 15) is 4.79 Å². The van der Waals surface area contributed by atoms with Gasteiger partial charge in [-0.2, -0.15) is 0 Å². The number of benzene rings is 1. The summed E-state index contributed by atoms with van der Waals surface area (Å²) in [6, 6.07) is 5.42. The molecule has 0 atom stereocenters. The molecular weight excluding hydrogens is 186 g/mol. The standard InChI is InChI=1S/C10H12ClNO/c1-7-3-2-4-8(11)10(7)9(13)5-6-12/h2-4H,5-6,12H2,1H3. The van der Waals surface area contributed by atoms with Crippen LogP contribution in [0.3, 0.4) is 0 Å². The highest BCUT2D eigenvalue weighted by Gasteiger charge is 2.11. The van der Waals surface area contributed by atoms with E-state index in [-0.39, 0.29) is 5.78 Å². The Morgan fingerprint density at radius 3 is 2.77 bits per heavy atom. The van der Waals surface area contributed by atoms with Gasteiger partial charge < -0.3 is 5.73 Å². The van der Waals surface area contributed by atoms with Crippen molar-refractivity contribution in [2.45, 2.75) is 13.3 Å². The van der Waals surface area contributed by atoms with Crippen LogP contribution >= 0.6 is 11.6 Å². The highest BCUT2D eigenvalue weighted by molar-refractivity contribution is 6.34. The van der Waals surface area contributed by atoms with Crippen LogP contribution in [0.2, 0.25) is 5.02 Å². The Morgan fingerprint density at radius 1 is 1.54 bits per heavy atom. The third kappa shape index (κ3) is 2.29. The Hall–Kier alpha value is -0.860. The molecule has 0 amide bonds. The van der Waals surface area contributed by atoms with Crippen molar-refractivity contribution in [1.29, 1.82) is 0 Å². The minimum absolute atomic E-state index is 0.0191. The SMILES string of the molecule is Cc1cccc(Cl)c1C(=O)CCN. The molecule has 0 heterocycles. The van der Waals surface area contributed by atoms with Gasteiger partial charge in [-0.05, 0) is 25.1 Å². The topological polar surface area (TPSA) is 43.1 Å². The van der Waals surface area contributed by atoms with Gasteiger partial charge >= 0.3 is 0 Å². The van der Waals surface area contributed by atoms with Gasteiger partial charge in [0.1, 0.15) is 0 Å². The molecule has 3 heteroatoms. The number of halogens is 1. The summed E-state index contributed by atoms with van der Waals surface area (Å²) in [5, 5.41) is 0.512. The van der Waals surface area contributed by atoms with Gasteiger partial charge in [0.05, 0.1) is 5.02 Å². The van der Waals surface area contributed by atoms with E-state index >= 15 is 0 Å². The molecule has 1 aromatic rings. The average Bonchev–Trinajstić information content (AvgIpc) is 2.04. The summed E-state index contributed by atoms with van der Waals surface area (Å²) in [6.45, 7) is 2.24. The average molecular weight is 198 g/mol. The summed E-state index contributed by atoms with van der Waals surface area (Å²) in [7, 11) is 0. The predicted octanol–water partition coefficient (Wildman–Crippen LogP) is 2.18. The van der Waals surface area contributed by atoms with Crippen molar-refractivity contribution in [2.75, 3.05) is 6.54 Å². The van der Waals surface area contributed by atoms with Gasteiger partial charge in [-0.3, -0.25) is 4.79 Å². The van der Waals surface area contributed by atoms with E-state index in [1.807, 2.05) is 19.1 Å². The zero-order valence-electron chi connectivity index (χ0n) is 7.51. The van der Waals surface area contributed by atoms with E-state index in [0.29, 0.717) is 23.6 Å². The number of ketones is 1. The van der Waals surface area contributed by atoms with E-state index in [4.69, 9.17) is 17.3 Å². The number of hydrogen-bond acceptors (Lipinski definition) is 2. The molecular formula is C10H12ClNO. The summed E-state index contributed by atoms with van der Waals surface area (Å²) >= 11 is 5.90. The molecule has 0 fully saturated rings. The first-order valence-corrected chi connectivity index (χ1v) is 4.53. The lowest BCUT2D eigenvalue weighted by atomic mass is 10.0. The molecule has 70 valence electrons. The van der Waals surface area contributed by atoms with E-state index in [2.05, 4.69) is 0 Å². The lowest BCUT2D eigenvalue weighted by Gasteiger charge is -2.05. The summed E-state index contributed by atoms with van der Waals surface area (Å²) in [4.78, 5) is 11.5. The van der Waals surface area contributed by atoms with Crippen LogP contribution in [0.1, 0.15) is 22.3 Å². The monoisotopic (exact) mass is 197 g/mol. The maximum atomic E-state index is 11.5. The molecule has 0 bridgehead atoms. The van der Waals surface area contributed by atoms with Crippen LogP contribution in [-0.4, -0.2) is 12.3 Å². The van der Waals surface area contributed by atoms with Crippen molar-refractivity contribution < 1.29 is 4.79 Å². The highest BCUT2D eigenvalue weighted by atomic mass is 35.5. The lowest BCUT2D eigenvalue weighted by molar-refractivity contribution is 0.0985. The zero-order valence-corrected chi connectivity index (χ0v) is 8.27. The van der Waals surface area contributed by atoms with Crippen LogP contribution in [-0.2, 0) is 0 Å². The minimum Gasteiger partial charge on any atom is -0.330 e.